The normalized spacial score (nSPS) is 11.1. The minimum Gasteiger partial charge on any atom is -0.444 e. The van der Waals surface area contributed by atoms with Crippen LogP contribution in [0.15, 0.2) is 45.5 Å². The third-order valence-corrected chi connectivity index (χ3v) is 4.03. The van der Waals surface area contributed by atoms with Gasteiger partial charge in [-0.15, -0.1) is 0 Å². The van der Waals surface area contributed by atoms with Crippen molar-refractivity contribution in [2.45, 2.75) is 26.4 Å². The van der Waals surface area contributed by atoms with Crippen molar-refractivity contribution in [1.29, 1.82) is 0 Å². The van der Waals surface area contributed by atoms with Crippen LogP contribution < -0.4 is 5.32 Å². The second-order valence-corrected chi connectivity index (χ2v) is 5.64. The maximum atomic E-state index is 5.58. The zero-order valence-corrected chi connectivity index (χ0v) is 13.4. The number of aromatic nitrogens is 2. The van der Waals surface area contributed by atoms with E-state index in [2.05, 4.69) is 56.3 Å². The molecule has 0 saturated heterocycles. The lowest BCUT2D eigenvalue weighted by atomic mass is 10.1. The first-order valence-corrected chi connectivity index (χ1v) is 7.73. The van der Waals surface area contributed by atoms with E-state index in [0.29, 0.717) is 6.54 Å². The Bertz CT molecular complexity index is 754. The number of rotatable bonds is 5. The van der Waals surface area contributed by atoms with Gasteiger partial charge in [0.2, 0.25) is 5.89 Å². The highest BCUT2D eigenvalue weighted by Gasteiger charge is 2.06. The van der Waals surface area contributed by atoms with Crippen molar-refractivity contribution in [2.75, 3.05) is 0 Å². The number of nitrogens with zero attached hydrogens (tertiary/aromatic N) is 2. The molecule has 1 aromatic carbocycles. The van der Waals surface area contributed by atoms with Gasteiger partial charge in [0, 0.05) is 29.0 Å². The van der Waals surface area contributed by atoms with Gasteiger partial charge in [-0.05, 0) is 17.7 Å². The summed E-state index contributed by atoms with van der Waals surface area (Å²) < 4.78 is 6.65. The average Bonchev–Trinajstić information content (AvgIpc) is 2.98. The highest BCUT2D eigenvalue weighted by atomic mass is 79.9. The fourth-order valence-corrected chi connectivity index (χ4v) is 2.69. The van der Waals surface area contributed by atoms with Gasteiger partial charge in [0.25, 0.3) is 0 Å². The molecule has 0 saturated carbocycles. The van der Waals surface area contributed by atoms with Crippen LogP contribution in [0.3, 0.4) is 0 Å². The van der Waals surface area contributed by atoms with Crippen LogP contribution in [0.1, 0.15) is 24.1 Å². The summed E-state index contributed by atoms with van der Waals surface area (Å²) in [7, 11) is 0. The molecular formula is C16H16BrN3O. The van der Waals surface area contributed by atoms with E-state index in [0.717, 1.165) is 45.6 Å². The number of oxazole rings is 1. The van der Waals surface area contributed by atoms with Crippen LogP contribution >= 0.6 is 15.9 Å². The molecule has 108 valence electrons. The van der Waals surface area contributed by atoms with Gasteiger partial charge in [-0.1, -0.05) is 35.0 Å². The number of pyridine rings is 1. The molecule has 4 nitrogen and oxygen atoms in total. The average molecular weight is 346 g/mol. The highest BCUT2D eigenvalue weighted by Crippen LogP contribution is 2.25. The molecule has 3 aromatic rings. The molecule has 3 rings (SSSR count). The zero-order chi connectivity index (χ0) is 14.7. The topological polar surface area (TPSA) is 51.0 Å². The molecule has 21 heavy (non-hydrogen) atoms. The first-order chi connectivity index (χ1) is 10.3. The van der Waals surface area contributed by atoms with Crippen LogP contribution in [-0.2, 0) is 19.5 Å². The number of hydrogen-bond acceptors (Lipinski definition) is 4. The monoisotopic (exact) mass is 345 g/mol. The van der Waals surface area contributed by atoms with Crippen LogP contribution in [0, 0.1) is 0 Å². The minimum atomic E-state index is 0.615. The van der Waals surface area contributed by atoms with E-state index in [1.165, 1.54) is 0 Å². The van der Waals surface area contributed by atoms with Gasteiger partial charge in [-0.25, -0.2) is 4.98 Å². The lowest BCUT2D eigenvalue weighted by Crippen LogP contribution is -2.13. The summed E-state index contributed by atoms with van der Waals surface area (Å²) in [4.78, 5) is 8.72. The molecule has 0 amide bonds. The Hall–Kier alpha value is -1.72. The Morgan fingerprint density at radius 3 is 2.90 bits per heavy atom. The summed E-state index contributed by atoms with van der Waals surface area (Å²) >= 11 is 3.56. The number of halogens is 1. The smallest absolute Gasteiger partial charge is 0.208 e. The molecule has 0 aliphatic heterocycles. The van der Waals surface area contributed by atoms with Crippen molar-refractivity contribution in [3.63, 3.8) is 0 Å². The molecule has 5 heteroatoms. The van der Waals surface area contributed by atoms with Gasteiger partial charge >= 0.3 is 0 Å². The van der Waals surface area contributed by atoms with Gasteiger partial charge in [-0.2, -0.15) is 0 Å². The molecule has 0 atom stereocenters. The molecule has 1 N–H and O–H groups in total. The Morgan fingerprint density at radius 2 is 2.10 bits per heavy atom. The Balaban J connectivity index is 1.72. The minimum absolute atomic E-state index is 0.615. The van der Waals surface area contributed by atoms with Crippen molar-refractivity contribution in [3.8, 4) is 0 Å². The SMILES string of the molecule is CCc1cnc(CNCc2ccc(Br)c3cccnc23)o1. The van der Waals surface area contributed by atoms with Gasteiger partial charge in [0.1, 0.15) is 5.76 Å². The Morgan fingerprint density at radius 1 is 1.19 bits per heavy atom. The second kappa shape index (κ2) is 6.37. The van der Waals surface area contributed by atoms with Crippen molar-refractivity contribution >= 4 is 26.8 Å². The van der Waals surface area contributed by atoms with Crippen LogP contribution in [0.25, 0.3) is 10.9 Å². The van der Waals surface area contributed by atoms with Crippen molar-refractivity contribution in [2.24, 2.45) is 0 Å². The number of benzene rings is 1. The van der Waals surface area contributed by atoms with Gasteiger partial charge < -0.3 is 9.73 Å². The fourth-order valence-electron chi connectivity index (χ4n) is 2.24. The number of hydrogen-bond donors (Lipinski definition) is 1. The van der Waals surface area contributed by atoms with E-state index in [4.69, 9.17) is 4.42 Å². The molecule has 0 aliphatic rings. The molecule has 0 radical (unpaired) electrons. The third-order valence-electron chi connectivity index (χ3n) is 3.34. The van der Waals surface area contributed by atoms with Crippen LogP contribution in [0.2, 0.25) is 0 Å². The van der Waals surface area contributed by atoms with Gasteiger partial charge in [0.05, 0.1) is 18.3 Å². The van der Waals surface area contributed by atoms with E-state index >= 15 is 0 Å². The lowest BCUT2D eigenvalue weighted by molar-refractivity contribution is 0.439. The molecule has 2 heterocycles. The van der Waals surface area contributed by atoms with E-state index in [1.807, 2.05) is 12.3 Å². The molecule has 0 bridgehead atoms. The summed E-state index contributed by atoms with van der Waals surface area (Å²) in [5.74, 6) is 1.64. The predicted octanol–water partition coefficient (Wildman–Crippen LogP) is 3.84. The van der Waals surface area contributed by atoms with Gasteiger partial charge in [-0.3, -0.25) is 4.98 Å². The second-order valence-electron chi connectivity index (χ2n) is 4.78. The van der Waals surface area contributed by atoms with E-state index in [-0.39, 0.29) is 0 Å². The molecule has 0 spiro atoms. The summed E-state index contributed by atoms with van der Waals surface area (Å²) in [5, 5.41) is 4.48. The summed E-state index contributed by atoms with van der Waals surface area (Å²) in [6, 6.07) is 8.15. The fraction of sp³-hybridized carbons (Fsp3) is 0.250. The summed E-state index contributed by atoms with van der Waals surface area (Å²) in [5.41, 5.74) is 2.18. The number of fused-ring (bicyclic) bond motifs is 1. The third kappa shape index (κ3) is 3.14. The zero-order valence-electron chi connectivity index (χ0n) is 11.8. The summed E-state index contributed by atoms with van der Waals surface area (Å²) in [6.45, 7) is 3.40. The van der Waals surface area contributed by atoms with Crippen LogP contribution in [0.5, 0.6) is 0 Å². The lowest BCUT2D eigenvalue weighted by Gasteiger charge is -2.07. The van der Waals surface area contributed by atoms with E-state index in [1.54, 1.807) is 6.20 Å². The molecular weight excluding hydrogens is 330 g/mol. The first kappa shape index (κ1) is 14.2. The van der Waals surface area contributed by atoms with E-state index in [9.17, 15) is 0 Å². The van der Waals surface area contributed by atoms with Crippen LogP contribution in [0.4, 0.5) is 0 Å². The number of nitrogens with one attached hydrogen (secondary N) is 1. The maximum absolute atomic E-state index is 5.58. The number of aryl methyl sites for hydroxylation is 1. The quantitative estimate of drug-likeness (QED) is 0.763. The Labute approximate surface area is 131 Å². The van der Waals surface area contributed by atoms with Crippen molar-refractivity contribution < 1.29 is 4.42 Å². The first-order valence-electron chi connectivity index (χ1n) is 6.94. The predicted molar refractivity (Wildman–Crippen MR) is 85.9 cm³/mol. The molecule has 0 aliphatic carbocycles. The highest BCUT2D eigenvalue weighted by molar-refractivity contribution is 9.10. The van der Waals surface area contributed by atoms with Crippen molar-refractivity contribution in [3.05, 3.63) is 58.3 Å². The Kier molecular flexibility index (Phi) is 4.31. The molecule has 0 unspecified atom stereocenters. The van der Waals surface area contributed by atoms with Gasteiger partial charge in [0.15, 0.2) is 0 Å². The standard InChI is InChI=1S/C16H16BrN3O/c1-2-12-9-20-15(21-12)10-18-8-11-5-6-14(17)13-4-3-7-19-16(11)13/h3-7,9,18H,2,8,10H2,1H3. The molecule has 2 aromatic heterocycles. The van der Waals surface area contributed by atoms with Crippen molar-refractivity contribution in [1.82, 2.24) is 15.3 Å². The largest absolute Gasteiger partial charge is 0.444 e. The summed E-state index contributed by atoms with van der Waals surface area (Å²) in [6.07, 6.45) is 4.47. The van der Waals surface area contributed by atoms with Crippen LogP contribution in [-0.4, -0.2) is 9.97 Å². The molecule has 0 fully saturated rings. The van der Waals surface area contributed by atoms with E-state index < -0.39 is 0 Å². The maximum Gasteiger partial charge on any atom is 0.208 e.